The molecule has 2 heterocycles. The smallest absolute Gasteiger partial charge is 0.253 e. The summed E-state index contributed by atoms with van der Waals surface area (Å²) in [6.07, 6.45) is 3.43. The van der Waals surface area contributed by atoms with Gasteiger partial charge in [0.05, 0.1) is 6.54 Å². The molecule has 1 aliphatic rings. The van der Waals surface area contributed by atoms with Crippen molar-refractivity contribution >= 4 is 5.90 Å². The van der Waals surface area contributed by atoms with Gasteiger partial charge >= 0.3 is 0 Å². The molecule has 1 aromatic heterocycles. The highest BCUT2D eigenvalue weighted by atomic mass is 16.5. The Hall–Kier alpha value is -1.32. The molecule has 0 unspecified atom stereocenters. The predicted molar refractivity (Wildman–Crippen MR) is 35.9 cm³/mol. The lowest BCUT2D eigenvalue weighted by Gasteiger charge is -1.93. The molecule has 0 amide bonds. The Kier molecular flexibility index (Phi) is 1.16. The molecule has 0 saturated carbocycles. The Morgan fingerprint density at radius 3 is 3.20 bits per heavy atom. The molecule has 1 aliphatic heterocycles. The Balaban J connectivity index is 2.28. The van der Waals surface area contributed by atoms with Crippen LogP contribution in [0.15, 0.2) is 17.4 Å². The third kappa shape index (κ3) is 0.775. The zero-order valence-electron chi connectivity index (χ0n) is 5.37. The van der Waals surface area contributed by atoms with Crippen LogP contribution in [0.5, 0.6) is 0 Å². The fourth-order valence-electron chi connectivity index (χ4n) is 0.861. The second kappa shape index (κ2) is 2.13. The third-order valence-electron chi connectivity index (χ3n) is 1.29. The zero-order valence-corrected chi connectivity index (χ0v) is 5.37. The van der Waals surface area contributed by atoms with Crippen molar-refractivity contribution in [3.8, 4) is 0 Å². The number of imidazole rings is 1. The quantitative estimate of drug-likeness (QED) is 0.600. The molecule has 52 valence electrons. The largest absolute Gasteiger partial charge is 0.473 e. The van der Waals surface area contributed by atoms with Gasteiger partial charge in [0.25, 0.3) is 5.90 Å². The average molecular weight is 137 g/mol. The molecule has 0 spiro atoms. The van der Waals surface area contributed by atoms with Crippen molar-refractivity contribution in [3.05, 3.63) is 18.2 Å². The molecule has 4 nitrogen and oxygen atoms in total. The van der Waals surface area contributed by atoms with Crippen LogP contribution in [0.4, 0.5) is 0 Å². The fraction of sp³-hybridized carbons (Fsp3) is 0.333. The van der Waals surface area contributed by atoms with Crippen LogP contribution in [0, 0.1) is 0 Å². The van der Waals surface area contributed by atoms with Gasteiger partial charge in [0.2, 0.25) is 0 Å². The molecule has 0 fully saturated rings. The van der Waals surface area contributed by atoms with Gasteiger partial charge < -0.3 is 9.72 Å². The van der Waals surface area contributed by atoms with E-state index in [2.05, 4.69) is 15.0 Å². The van der Waals surface area contributed by atoms with E-state index in [4.69, 9.17) is 4.74 Å². The van der Waals surface area contributed by atoms with Gasteiger partial charge in [-0.3, -0.25) is 0 Å². The van der Waals surface area contributed by atoms with Crippen molar-refractivity contribution < 1.29 is 4.74 Å². The first-order chi connectivity index (χ1) is 4.97. The Morgan fingerprint density at radius 2 is 2.60 bits per heavy atom. The number of aromatic amines is 1. The van der Waals surface area contributed by atoms with Gasteiger partial charge in [-0.2, -0.15) is 0 Å². The van der Waals surface area contributed by atoms with E-state index in [1.807, 2.05) is 0 Å². The topological polar surface area (TPSA) is 50.3 Å². The third-order valence-corrected chi connectivity index (χ3v) is 1.29. The molecule has 10 heavy (non-hydrogen) atoms. The highest BCUT2D eigenvalue weighted by molar-refractivity contribution is 5.91. The highest BCUT2D eigenvalue weighted by Gasteiger charge is 2.10. The molecule has 0 bridgehead atoms. The molecular formula is C6H7N3O. The van der Waals surface area contributed by atoms with Gasteiger partial charge in [-0.15, -0.1) is 0 Å². The SMILES string of the molecule is c1c[nH]c(C2=NCCO2)n1. The first-order valence-electron chi connectivity index (χ1n) is 3.14. The monoisotopic (exact) mass is 137 g/mol. The van der Waals surface area contributed by atoms with Gasteiger partial charge in [0.15, 0.2) is 5.82 Å². The van der Waals surface area contributed by atoms with E-state index in [-0.39, 0.29) is 0 Å². The van der Waals surface area contributed by atoms with E-state index in [0.717, 1.165) is 12.4 Å². The van der Waals surface area contributed by atoms with E-state index < -0.39 is 0 Å². The predicted octanol–water partition coefficient (Wildman–Crippen LogP) is 0.186. The summed E-state index contributed by atoms with van der Waals surface area (Å²) in [5, 5.41) is 0. The van der Waals surface area contributed by atoms with Crippen LogP contribution < -0.4 is 0 Å². The lowest BCUT2D eigenvalue weighted by atomic mass is 10.6. The molecule has 2 rings (SSSR count). The van der Waals surface area contributed by atoms with Crippen LogP contribution in [-0.4, -0.2) is 29.0 Å². The number of rotatable bonds is 1. The first-order valence-corrected chi connectivity index (χ1v) is 3.14. The highest BCUT2D eigenvalue weighted by Crippen LogP contribution is 2.00. The molecule has 0 aromatic carbocycles. The minimum atomic E-state index is 0.630. The Labute approximate surface area is 58.0 Å². The number of hydrogen-bond acceptors (Lipinski definition) is 3. The number of aliphatic imine (C=N–C) groups is 1. The standard InChI is InChI=1S/C6H7N3O/c1-2-8-5(7-1)6-9-3-4-10-6/h1-2H,3-4H2,(H,7,8). The second-order valence-electron chi connectivity index (χ2n) is 1.97. The summed E-state index contributed by atoms with van der Waals surface area (Å²) in [4.78, 5) is 11.0. The molecule has 0 saturated heterocycles. The van der Waals surface area contributed by atoms with Gasteiger partial charge in [0.1, 0.15) is 6.61 Å². The first kappa shape index (κ1) is 5.46. The van der Waals surface area contributed by atoms with Crippen LogP contribution in [-0.2, 0) is 4.74 Å². The summed E-state index contributed by atoms with van der Waals surface area (Å²) in [7, 11) is 0. The summed E-state index contributed by atoms with van der Waals surface area (Å²) in [6, 6.07) is 0. The van der Waals surface area contributed by atoms with Crippen LogP contribution in [0.2, 0.25) is 0 Å². The summed E-state index contributed by atoms with van der Waals surface area (Å²) in [5.74, 6) is 1.35. The van der Waals surface area contributed by atoms with Crippen molar-refractivity contribution in [2.75, 3.05) is 13.2 Å². The molecule has 4 heteroatoms. The summed E-state index contributed by atoms with van der Waals surface area (Å²) in [5.41, 5.74) is 0. The van der Waals surface area contributed by atoms with Crippen molar-refractivity contribution in [2.24, 2.45) is 4.99 Å². The number of H-pyrrole nitrogens is 1. The van der Waals surface area contributed by atoms with E-state index in [1.165, 1.54) is 0 Å². The van der Waals surface area contributed by atoms with Crippen molar-refractivity contribution in [3.63, 3.8) is 0 Å². The molecular weight excluding hydrogens is 130 g/mol. The van der Waals surface area contributed by atoms with E-state index in [0.29, 0.717) is 12.5 Å². The zero-order chi connectivity index (χ0) is 6.81. The lowest BCUT2D eigenvalue weighted by molar-refractivity contribution is 0.346. The number of nitrogens with zero attached hydrogens (tertiary/aromatic N) is 2. The number of nitrogens with one attached hydrogen (secondary N) is 1. The van der Waals surface area contributed by atoms with E-state index in [9.17, 15) is 0 Å². The molecule has 0 aliphatic carbocycles. The summed E-state index contributed by atoms with van der Waals surface area (Å²) >= 11 is 0. The average Bonchev–Trinajstić information content (AvgIpc) is 2.59. The molecule has 1 N–H and O–H groups in total. The van der Waals surface area contributed by atoms with Gasteiger partial charge in [-0.25, -0.2) is 9.98 Å². The number of aromatic nitrogens is 2. The van der Waals surface area contributed by atoms with E-state index >= 15 is 0 Å². The number of hydrogen-bond donors (Lipinski definition) is 1. The Morgan fingerprint density at radius 1 is 1.60 bits per heavy atom. The molecule has 0 atom stereocenters. The number of ether oxygens (including phenoxy) is 1. The van der Waals surface area contributed by atoms with Gasteiger partial charge in [-0.05, 0) is 0 Å². The van der Waals surface area contributed by atoms with E-state index in [1.54, 1.807) is 12.4 Å². The minimum Gasteiger partial charge on any atom is -0.473 e. The normalized spacial score (nSPS) is 16.6. The fourth-order valence-corrected chi connectivity index (χ4v) is 0.861. The van der Waals surface area contributed by atoms with Gasteiger partial charge in [-0.1, -0.05) is 0 Å². The maximum Gasteiger partial charge on any atom is 0.253 e. The van der Waals surface area contributed by atoms with Crippen molar-refractivity contribution in [1.82, 2.24) is 9.97 Å². The van der Waals surface area contributed by atoms with Crippen LogP contribution in [0.1, 0.15) is 5.82 Å². The second-order valence-corrected chi connectivity index (χ2v) is 1.97. The van der Waals surface area contributed by atoms with Gasteiger partial charge in [0, 0.05) is 12.4 Å². The molecule has 0 radical (unpaired) electrons. The lowest BCUT2D eigenvalue weighted by Crippen LogP contribution is -2.02. The maximum atomic E-state index is 5.15. The maximum absolute atomic E-state index is 5.15. The van der Waals surface area contributed by atoms with Crippen LogP contribution in [0.25, 0.3) is 0 Å². The summed E-state index contributed by atoms with van der Waals surface area (Å²) < 4.78 is 5.15. The van der Waals surface area contributed by atoms with Crippen molar-refractivity contribution in [1.29, 1.82) is 0 Å². The minimum absolute atomic E-state index is 0.630. The molecule has 1 aromatic rings. The van der Waals surface area contributed by atoms with Crippen molar-refractivity contribution in [2.45, 2.75) is 0 Å². The summed E-state index contributed by atoms with van der Waals surface area (Å²) in [6.45, 7) is 1.42. The Bertz CT molecular complexity index is 240. The van der Waals surface area contributed by atoms with Crippen LogP contribution in [0.3, 0.4) is 0 Å². The van der Waals surface area contributed by atoms with Crippen LogP contribution >= 0.6 is 0 Å².